The van der Waals surface area contributed by atoms with Crippen molar-refractivity contribution in [2.24, 2.45) is 0 Å². The standard InChI is InChI=1S/C18H19NO5/c1-3-4-16-17(10-9-15(12(2)20)18(16)21)24-11-13-5-7-14(8-6-13)19(22)23/h5-10,21H,3-4,11H2,1-2H3. The number of nitrogens with zero attached hydrogens (tertiary/aromatic N) is 1. The molecule has 6 nitrogen and oxygen atoms in total. The number of aromatic hydroxyl groups is 1. The summed E-state index contributed by atoms with van der Waals surface area (Å²) in [5.74, 6) is 0.273. The number of phenolic OH excluding ortho intramolecular Hbond substituents is 1. The van der Waals surface area contributed by atoms with E-state index in [0.717, 1.165) is 12.0 Å². The topological polar surface area (TPSA) is 89.7 Å². The van der Waals surface area contributed by atoms with Crippen LogP contribution in [0.1, 0.15) is 41.8 Å². The van der Waals surface area contributed by atoms with Crippen LogP contribution in [0.5, 0.6) is 11.5 Å². The largest absolute Gasteiger partial charge is 0.507 e. The molecule has 0 radical (unpaired) electrons. The first-order valence-corrected chi connectivity index (χ1v) is 7.66. The number of nitro benzene ring substituents is 1. The normalized spacial score (nSPS) is 10.4. The average Bonchev–Trinajstić information content (AvgIpc) is 2.55. The Balaban J connectivity index is 2.21. The number of non-ortho nitro benzene ring substituents is 1. The fourth-order valence-electron chi connectivity index (χ4n) is 2.40. The van der Waals surface area contributed by atoms with Crippen molar-refractivity contribution in [2.75, 3.05) is 0 Å². The molecule has 126 valence electrons. The fourth-order valence-corrected chi connectivity index (χ4v) is 2.40. The molecule has 0 saturated heterocycles. The van der Waals surface area contributed by atoms with Gasteiger partial charge in [-0.15, -0.1) is 0 Å². The number of Topliss-reactive ketones (excluding diaryl/α,β-unsaturated/α-hetero) is 1. The maximum atomic E-state index is 11.5. The van der Waals surface area contributed by atoms with Gasteiger partial charge in [0.25, 0.3) is 5.69 Å². The van der Waals surface area contributed by atoms with E-state index in [0.29, 0.717) is 17.7 Å². The number of carbonyl (C=O) groups is 1. The number of phenols is 1. The Labute approximate surface area is 139 Å². The molecule has 0 aliphatic heterocycles. The van der Waals surface area contributed by atoms with Crippen LogP contribution in [-0.4, -0.2) is 15.8 Å². The van der Waals surface area contributed by atoms with E-state index in [1.165, 1.54) is 19.1 Å². The maximum absolute atomic E-state index is 11.5. The van der Waals surface area contributed by atoms with Crippen molar-refractivity contribution >= 4 is 11.5 Å². The maximum Gasteiger partial charge on any atom is 0.269 e. The van der Waals surface area contributed by atoms with Gasteiger partial charge in [-0.3, -0.25) is 14.9 Å². The van der Waals surface area contributed by atoms with E-state index in [9.17, 15) is 20.0 Å². The number of hydrogen-bond acceptors (Lipinski definition) is 5. The summed E-state index contributed by atoms with van der Waals surface area (Å²) in [5.41, 5.74) is 1.68. The van der Waals surface area contributed by atoms with Gasteiger partial charge in [-0.25, -0.2) is 0 Å². The second-order valence-corrected chi connectivity index (χ2v) is 5.46. The van der Waals surface area contributed by atoms with E-state index in [2.05, 4.69) is 0 Å². The first-order chi connectivity index (χ1) is 11.4. The summed E-state index contributed by atoms with van der Waals surface area (Å²) in [6.07, 6.45) is 1.38. The summed E-state index contributed by atoms with van der Waals surface area (Å²) in [6, 6.07) is 9.31. The average molecular weight is 329 g/mol. The zero-order valence-electron chi connectivity index (χ0n) is 13.6. The number of carbonyl (C=O) groups excluding carboxylic acids is 1. The van der Waals surface area contributed by atoms with Gasteiger partial charge >= 0.3 is 0 Å². The molecule has 2 aromatic rings. The number of rotatable bonds is 7. The number of hydrogen-bond donors (Lipinski definition) is 1. The van der Waals surface area contributed by atoms with E-state index < -0.39 is 4.92 Å². The summed E-state index contributed by atoms with van der Waals surface area (Å²) in [6.45, 7) is 3.59. The molecule has 0 heterocycles. The smallest absolute Gasteiger partial charge is 0.269 e. The molecule has 6 heteroatoms. The highest BCUT2D eigenvalue weighted by atomic mass is 16.6. The third-order valence-electron chi connectivity index (χ3n) is 3.66. The van der Waals surface area contributed by atoms with Gasteiger partial charge in [0.05, 0.1) is 10.5 Å². The van der Waals surface area contributed by atoms with Crippen LogP contribution in [0.2, 0.25) is 0 Å². The monoisotopic (exact) mass is 329 g/mol. The Morgan fingerprint density at radius 3 is 2.42 bits per heavy atom. The predicted molar refractivity (Wildman–Crippen MR) is 89.5 cm³/mol. The Hall–Kier alpha value is -2.89. The molecule has 0 amide bonds. The van der Waals surface area contributed by atoms with Gasteiger partial charge in [0.15, 0.2) is 5.78 Å². The van der Waals surface area contributed by atoms with Crippen LogP contribution in [0.15, 0.2) is 36.4 Å². The summed E-state index contributed by atoms with van der Waals surface area (Å²) in [5, 5.41) is 20.9. The van der Waals surface area contributed by atoms with Gasteiger partial charge in [0, 0.05) is 17.7 Å². The second-order valence-electron chi connectivity index (χ2n) is 5.46. The highest BCUT2D eigenvalue weighted by molar-refractivity contribution is 5.97. The molecule has 0 aliphatic carbocycles. The third kappa shape index (κ3) is 3.90. The van der Waals surface area contributed by atoms with E-state index in [1.807, 2.05) is 6.92 Å². The number of ketones is 1. The van der Waals surface area contributed by atoms with Crippen LogP contribution in [0, 0.1) is 10.1 Å². The molecular weight excluding hydrogens is 310 g/mol. The van der Waals surface area contributed by atoms with Gasteiger partial charge < -0.3 is 9.84 Å². The highest BCUT2D eigenvalue weighted by Gasteiger charge is 2.16. The molecule has 0 spiro atoms. The lowest BCUT2D eigenvalue weighted by molar-refractivity contribution is -0.384. The van der Waals surface area contributed by atoms with E-state index in [-0.39, 0.29) is 29.4 Å². The van der Waals surface area contributed by atoms with Crippen LogP contribution in [-0.2, 0) is 13.0 Å². The van der Waals surface area contributed by atoms with Crippen molar-refractivity contribution in [3.05, 3.63) is 63.2 Å². The highest BCUT2D eigenvalue weighted by Crippen LogP contribution is 2.33. The molecule has 0 saturated carbocycles. The Kier molecular flexibility index (Phi) is 5.52. The van der Waals surface area contributed by atoms with Crippen molar-refractivity contribution in [1.29, 1.82) is 0 Å². The third-order valence-corrected chi connectivity index (χ3v) is 3.66. The van der Waals surface area contributed by atoms with Crippen LogP contribution < -0.4 is 4.74 Å². The molecule has 0 aromatic heterocycles. The molecule has 0 bridgehead atoms. The Bertz CT molecular complexity index is 753. The Morgan fingerprint density at radius 2 is 1.88 bits per heavy atom. The number of nitro groups is 1. The van der Waals surface area contributed by atoms with Gasteiger partial charge in [-0.2, -0.15) is 0 Å². The van der Waals surface area contributed by atoms with Crippen LogP contribution in [0.25, 0.3) is 0 Å². The summed E-state index contributed by atoms with van der Waals surface area (Å²) in [7, 11) is 0. The summed E-state index contributed by atoms with van der Waals surface area (Å²) >= 11 is 0. The van der Waals surface area contributed by atoms with Crippen LogP contribution >= 0.6 is 0 Å². The number of ether oxygens (including phenoxy) is 1. The molecule has 0 unspecified atom stereocenters. The van der Waals surface area contributed by atoms with Gasteiger partial charge in [0.1, 0.15) is 18.1 Å². The zero-order chi connectivity index (χ0) is 17.7. The van der Waals surface area contributed by atoms with Crippen LogP contribution in [0.4, 0.5) is 5.69 Å². The molecule has 1 N–H and O–H groups in total. The minimum atomic E-state index is -0.456. The van der Waals surface area contributed by atoms with Crippen molar-refractivity contribution < 1.29 is 19.6 Å². The van der Waals surface area contributed by atoms with Crippen LogP contribution in [0.3, 0.4) is 0 Å². The molecular formula is C18H19NO5. The summed E-state index contributed by atoms with van der Waals surface area (Å²) in [4.78, 5) is 21.7. The molecule has 24 heavy (non-hydrogen) atoms. The van der Waals surface area contributed by atoms with E-state index in [1.54, 1.807) is 24.3 Å². The SMILES string of the molecule is CCCc1c(OCc2ccc([N+](=O)[O-])cc2)ccc(C(C)=O)c1O. The van der Waals surface area contributed by atoms with E-state index in [4.69, 9.17) is 4.74 Å². The van der Waals surface area contributed by atoms with E-state index >= 15 is 0 Å². The molecule has 0 fully saturated rings. The van der Waals surface area contributed by atoms with Gasteiger partial charge in [-0.05, 0) is 43.2 Å². The quantitative estimate of drug-likeness (QED) is 0.470. The molecule has 2 aromatic carbocycles. The van der Waals surface area contributed by atoms with Gasteiger partial charge in [0.2, 0.25) is 0 Å². The lowest BCUT2D eigenvalue weighted by atomic mass is 10.0. The lowest BCUT2D eigenvalue weighted by Crippen LogP contribution is -2.02. The molecule has 0 atom stereocenters. The molecule has 0 aliphatic rings. The first kappa shape index (κ1) is 17.5. The summed E-state index contributed by atoms with van der Waals surface area (Å²) < 4.78 is 5.75. The minimum Gasteiger partial charge on any atom is -0.507 e. The minimum absolute atomic E-state index is 0.0221. The second kappa shape index (κ2) is 7.59. The van der Waals surface area contributed by atoms with Crippen molar-refractivity contribution in [1.82, 2.24) is 0 Å². The van der Waals surface area contributed by atoms with Crippen molar-refractivity contribution in [3.63, 3.8) is 0 Å². The van der Waals surface area contributed by atoms with Crippen molar-refractivity contribution in [2.45, 2.75) is 33.3 Å². The first-order valence-electron chi connectivity index (χ1n) is 7.66. The predicted octanol–water partition coefficient (Wildman–Crippen LogP) is 4.03. The van der Waals surface area contributed by atoms with Gasteiger partial charge in [-0.1, -0.05) is 13.3 Å². The fraction of sp³-hybridized carbons (Fsp3) is 0.278. The number of benzene rings is 2. The van der Waals surface area contributed by atoms with Crippen molar-refractivity contribution in [3.8, 4) is 11.5 Å². The lowest BCUT2D eigenvalue weighted by Gasteiger charge is -2.14. The molecule has 2 rings (SSSR count). The zero-order valence-corrected chi connectivity index (χ0v) is 13.6. The Morgan fingerprint density at radius 1 is 1.21 bits per heavy atom.